The van der Waals surface area contributed by atoms with Crippen LogP contribution in [0, 0.1) is 0 Å². The van der Waals surface area contributed by atoms with Crippen LogP contribution >= 0.6 is 35.6 Å². The second kappa shape index (κ2) is 8.35. The Bertz CT molecular complexity index is 466. The predicted octanol–water partition coefficient (Wildman–Crippen LogP) is 2.41. The second-order valence-corrected chi connectivity index (χ2v) is 3.92. The van der Waals surface area contributed by atoms with Crippen molar-refractivity contribution < 1.29 is 17.9 Å². The van der Waals surface area contributed by atoms with Gasteiger partial charge in [-0.05, 0) is 6.07 Å². The summed E-state index contributed by atoms with van der Waals surface area (Å²) in [6.45, 7) is 0.537. The van der Waals surface area contributed by atoms with Crippen molar-refractivity contribution in [1.82, 2.24) is 4.98 Å². The maximum absolute atomic E-state index is 12.3. The number of aromatic nitrogens is 1. The third kappa shape index (κ3) is 6.46. The SMILES string of the molecule is I.NC(N)=NCCCOc1ncc(C(F)(F)F)cc1Cl. The van der Waals surface area contributed by atoms with E-state index in [-0.39, 0.29) is 47.4 Å². The van der Waals surface area contributed by atoms with Gasteiger partial charge in [0, 0.05) is 19.2 Å². The normalized spacial score (nSPS) is 10.6. The molecule has 1 rings (SSSR count). The van der Waals surface area contributed by atoms with Crippen LogP contribution in [0.15, 0.2) is 17.3 Å². The molecular weight excluding hydrogens is 411 g/mol. The zero-order valence-electron chi connectivity index (χ0n) is 10.2. The number of ether oxygens (including phenoxy) is 1. The molecule has 0 spiro atoms. The Morgan fingerprint density at radius 3 is 2.55 bits per heavy atom. The molecule has 0 fully saturated rings. The molecular formula is C10H13ClF3IN4O. The summed E-state index contributed by atoms with van der Waals surface area (Å²) in [5.41, 5.74) is 9.30. The Labute approximate surface area is 135 Å². The minimum Gasteiger partial charge on any atom is -0.477 e. The Hall–Kier alpha value is -0.970. The van der Waals surface area contributed by atoms with Crippen molar-refractivity contribution in [2.75, 3.05) is 13.2 Å². The second-order valence-electron chi connectivity index (χ2n) is 3.52. The Morgan fingerprint density at radius 2 is 2.05 bits per heavy atom. The van der Waals surface area contributed by atoms with Gasteiger partial charge in [-0.3, -0.25) is 4.99 Å². The first-order chi connectivity index (χ1) is 8.80. The first-order valence-corrected chi connectivity index (χ1v) is 5.59. The van der Waals surface area contributed by atoms with Gasteiger partial charge in [-0.1, -0.05) is 11.6 Å². The quantitative estimate of drug-likeness (QED) is 0.329. The van der Waals surface area contributed by atoms with Crippen LogP contribution in [0.4, 0.5) is 13.2 Å². The lowest BCUT2D eigenvalue weighted by Gasteiger charge is -2.09. The van der Waals surface area contributed by atoms with Gasteiger partial charge in [-0.25, -0.2) is 4.98 Å². The molecule has 0 atom stereocenters. The van der Waals surface area contributed by atoms with Crippen molar-refractivity contribution in [1.29, 1.82) is 0 Å². The molecule has 10 heteroatoms. The highest BCUT2D eigenvalue weighted by Gasteiger charge is 2.31. The zero-order valence-corrected chi connectivity index (χ0v) is 13.2. The molecule has 0 aromatic carbocycles. The average molecular weight is 425 g/mol. The fraction of sp³-hybridized carbons (Fsp3) is 0.400. The summed E-state index contributed by atoms with van der Waals surface area (Å²) in [5.74, 6) is -0.0925. The summed E-state index contributed by atoms with van der Waals surface area (Å²) in [6, 6.07) is 0.764. The lowest BCUT2D eigenvalue weighted by atomic mass is 10.3. The highest BCUT2D eigenvalue weighted by molar-refractivity contribution is 14.0. The van der Waals surface area contributed by atoms with Gasteiger partial charge in [-0.15, -0.1) is 24.0 Å². The molecule has 0 saturated heterocycles. The number of pyridine rings is 1. The molecule has 114 valence electrons. The van der Waals surface area contributed by atoms with Crippen LogP contribution in [0.3, 0.4) is 0 Å². The summed E-state index contributed by atoms with van der Waals surface area (Å²) in [5, 5.41) is -0.198. The van der Waals surface area contributed by atoms with Crippen LogP contribution in [0.1, 0.15) is 12.0 Å². The lowest BCUT2D eigenvalue weighted by molar-refractivity contribution is -0.137. The van der Waals surface area contributed by atoms with E-state index in [0.29, 0.717) is 19.2 Å². The van der Waals surface area contributed by atoms with Crippen molar-refractivity contribution in [3.63, 3.8) is 0 Å². The maximum atomic E-state index is 12.3. The first-order valence-electron chi connectivity index (χ1n) is 5.21. The van der Waals surface area contributed by atoms with Crippen molar-refractivity contribution in [3.8, 4) is 5.88 Å². The first kappa shape index (κ1) is 19.0. The molecule has 0 aliphatic carbocycles. The van der Waals surface area contributed by atoms with Crippen LogP contribution in [0.5, 0.6) is 5.88 Å². The van der Waals surface area contributed by atoms with E-state index in [1.807, 2.05) is 0 Å². The molecule has 5 nitrogen and oxygen atoms in total. The van der Waals surface area contributed by atoms with Crippen LogP contribution in [0.2, 0.25) is 5.02 Å². The van der Waals surface area contributed by atoms with Crippen molar-refractivity contribution in [3.05, 3.63) is 22.8 Å². The predicted molar refractivity (Wildman–Crippen MR) is 80.5 cm³/mol. The molecule has 20 heavy (non-hydrogen) atoms. The number of rotatable bonds is 5. The van der Waals surface area contributed by atoms with E-state index in [0.717, 1.165) is 6.07 Å². The monoisotopic (exact) mass is 424 g/mol. The van der Waals surface area contributed by atoms with Gasteiger partial charge < -0.3 is 16.2 Å². The molecule has 1 aromatic heterocycles. The molecule has 0 bridgehead atoms. The molecule has 0 amide bonds. The summed E-state index contributed by atoms with van der Waals surface area (Å²) in [6.07, 6.45) is -3.34. The molecule has 1 aromatic rings. The lowest BCUT2D eigenvalue weighted by Crippen LogP contribution is -2.23. The van der Waals surface area contributed by atoms with Gasteiger partial charge in [0.25, 0.3) is 0 Å². The standard InChI is InChI=1S/C10H12ClF3N4O.HI/c11-7-4-6(10(12,13)14)5-18-8(7)19-3-1-2-17-9(15)16;/h4-5H,1-3H2,(H4,15,16,17);1H. The Kier molecular flexibility index (Phi) is 7.94. The van der Waals surface area contributed by atoms with Crippen LogP contribution < -0.4 is 16.2 Å². The van der Waals surface area contributed by atoms with Crippen LogP contribution in [-0.2, 0) is 6.18 Å². The molecule has 0 radical (unpaired) electrons. The molecule has 1 heterocycles. The van der Waals surface area contributed by atoms with E-state index in [2.05, 4.69) is 9.98 Å². The number of halogens is 5. The molecule has 0 aliphatic rings. The summed E-state index contributed by atoms with van der Waals surface area (Å²) in [7, 11) is 0. The highest BCUT2D eigenvalue weighted by Crippen LogP contribution is 2.33. The third-order valence-electron chi connectivity index (χ3n) is 1.97. The van der Waals surface area contributed by atoms with Crippen molar-refractivity contribution in [2.45, 2.75) is 12.6 Å². The van der Waals surface area contributed by atoms with Crippen molar-refractivity contribution >= 4 is 41.5 Å². The van der Waals surface area contributed by atoms with E-state index in [4.69, 9.17) is 27.8 Å². The van der Waals surface area contributed by atoms with E-state index < -0.39 is 11.7 Å². The van der Waals surface area contributed by atoms with Gasteiger partial charge in [0.2, 0.25) is 5.88 Å². The zero-order chi connectivity index (χ0) is 14.5. The minimum atomic E-state index is -4.48. The molecule has 0 unspecified atom stereocenters. The summed E-state index contributed by atoms with van der Waals surface area (Å²) >= 11 is 5.64. The van der Waals surface area contributed by atoms with Gasteiger partial charge in [0.1, 0.15) is 5.02 Å². The fourth-order valence-electron chi connectivity index (χ4n) is 1.13. The largest absolute Gasteiger partial charge is 0.477 e. The van der Waals surface area contributed by atoms with Crippen LogP contribution in [-0.4, -0.2) is 24.1 Å². The maximum Gasteiger partial charge on any atom is 0.417 e. The number of alkyl halides is 3. The molecule has 0 aliphatic heterocycles. The minimum absolute atomic E-state index is 0. The van der Waals surface area contributed by atoms with E-state index in [1.165, 1.54) is 0 Å². The molecule has 4 N–H and O–H groups in total. The van der Waals surface area contributed by atoms with Gasteiger partial charge in [0.15, 0.2) is 5.96 Å². The number of hydrogen-bond acceptors (Lipinski definition) is 3. The van der Waals surface area contributed by atoms with E-state index in [1.54, 1.807) is 0 Å². The third-order valence-corrected chi connectivity index (χ3v) is 2.24. The number of aliphatic imine (C=N–C) groups is 1. The van der Waals surface area contributed by atoms with Gasteiger partial charge in [-0.2, -0.15) is 13.2 Å². The number of guanidine groups is 1. The Morgan fingerprint density at radius 1 is 1.40 bits per heavy atom. The topological polar surface area (TPSA) is 86.5 Å². The number of nitrogens with two attached hydrogens (primary N) is 2. The fourth-order valence-corrected chi connectivity index (χ4v) is 1.35. The number of hydrogen-bond donors (Lipinski definition) is 2. The number of nitrogens with zero attached hydrogens (tertiary/aromatic N) is 2. The van der Waals surface area contributed by atoms with Crippen molar-refractivity contribution in [2.24, 2.45) is 16.5 Å². The summed E-state index contributed by atoms with van der Waals surface area (Å²) in [4.78, 5) is 7.23. The van der Waals surface area contributed by atoms with E-state index >= 15 is 0 Å². The Balaban J connectivity index is 0.00000361. The molecule has 0 saturated carbocycles. The van der Waals surface area contributed by atoms with Crippen LogP contribution in [0.25, 0.3) is 0 Å². The van der Waals surface area contributed by atoms with E-state index in [9.17, 15) is 13.2 Å². The average Bonchev–Trinajstić information content (AvgIpc) is 2.28. The van der Waals surface area contributed by atoms with Gasteiger partial charge in [0.05, 0.1) is 12.2 Å². The van der Waals surface area contributed by atoms with Gasteiger partial charge >= 0.3 is 6.18 Å². The smallest absolute Gasteiger partial charge is 0.417 e. The highest BCUT2D eigenvalue weighted by atomic mass is 127. The summed E-state index contributed by atoms with van der Waals surface area (Å²) < 4.78 is 42.2.